The third-order valence-electron chi connectivity index (χ3n) is 3.23. The molecule has 2 heterocycles. The Balaban J connectivity index is 1.82. The lowest BCUT2D eigenvalue weighted by atomic mass is 9.99. The molecule has 0 amide bonds. The molecule has 1 aliphatic heterocycles. The van der Waals surface area contributed by atoms with E-state index in [2.05, 4.69) is 15.7 Å². The van der Waals surface area contributed by atoms with Crippen LogP contribution in [0.25, 0.3) is 0 Å². The molecule has 1 aromatic heterocycles. The Bertz CT molecular complexity index is 311. The zero-order chi connectivity index (χ0) is 9.38. The summed E-state index contributed by atoms with van der Waals surface area (Å²) in [5, 5.41) is 0. The van der Waals surface area contributed by atoms with E-state index in [1.807, 2.05) is 6.20 Å². The largest absolute Gasteiger partial charge is 0.381 e. The van der Waals surface area contributed by atoms with Gasteiger partial charge >= 0.3 is 0 Å². The number of aromatic nitrogens is 2. The van der Waals surface area contributed by atoms with E-state index in [4.69, 9.17) is 4.74 Å². The minimum atomic E-state index is 0.638. The Hall–Kier alpha value is -0.830. The third-order valence-corrected chi connectivity index (χ3v) is 3.23. The predicted molar refractivity (Wildman–Crippen MR) is 53.3 cm³/mol. The van der Waals surface area contributed by atoms with Gasteiger partial charge in [0, 0.05) is 37.6 Å². The Morgan fingerprint density at radius 3 is 2.71 bits per heavy atom. The van der Waals surface area contributed by atoms with E-state index in [9.17, 15) is 0 Å². The van der Waals surface area contributed by atoms with Crippen molar-refractivity contribution in [2.45, 2.75) is 37.6 Å². The van der Waals surface area contributed by atoms with Crippen LogP contribution in [-0.2, 0) is 4.74 Å². The summed E-state index contributed by atoms with van der Waals surface area (Å²) < 4.78 is 7.76. The van der Waals surface area contributed by atoms with Crippen LogP contribution in [0.1, 0.15) is 43.5 Å². The molecule has 0 aromatic carbocycles. The van der Waals surface area contributed by atoms with Gasteiger partial charge in [-0.05, 0) is 25.7 Å². The van der Waals surface area contributed by atoms with Crippen molar-refractivity contribution in [1.29, 1.82) is 0 Å². The molecule has 3 rings (SSSR count). The fourth-order valence-electron chi connectivity index (χ4n) is 2.26. The molecule has 3 heteroatoms. The summed E-state index contributed by atoms with van der Waals surface area (Å²) in [6.45, 7) is 1.81. The molecule has 3 nitrogen and oxygen atoms in total. The second-order valence-electron chi connectivity index (χ2n) is 4.31. The molecular formula is C11H16N2O. The molecule has 1 saturated heterocycles. The Labute approximate surface area is 84.1 Å². The minimum Gasteiger partial charge on any atom is -0.381 e. The maximum atomic E-state index is 5.38. The first-order valence-corrected chi connectivity index (χ1v) is 5.55. The van der Waals surface area contributed by atoms with Gasteiger partial charge in [0.05, 0.1) is 0 Å². The molecule has 1 aliphatic carbocycles. The highest BCUT2D eigenvalue weighted by Gasteiger charge is 2.28. The Morgan fingerprint density at radius 2 is 2.00 bits per heavy atom. The lowest BCUT2D eigenvalue weighted by Crippen LogP contribution is -2.17. The smallest absolute Gasteiger partial charge is 0.112 e. The van der Waals surface area contributed by atoms with Crippen molar-refractivity contribution in [2.75, 3.05) is 13.2 Å². The molecule has 2 fully saturated rings. The summed E-state index contributed by atoms with van der Waals surface area (Å²) in [6.07, 6.45) is 9.05. The van der Waals surface area contributed by atoms with Crippen LogP contribution in [0, 0.1) is 0 Å². The van der Waals surface area contributed by atoms with Crippen molar-refractivity contribution < 1.29 is 4.74 Å². The third kappa shape index (κ3) is 1.46. The van der Waals surface area contributed by atoms with E-state index < -0.39 is 0 Å². The fraction of sp³-hybridized carbons (Fsp3) is 0.727. The summed E-state index contributed by atoms with van der Waals surface area (Å²) >= 11 is 0. The summed E-state index contributed by atoms with van der Waals surface area (Å²) in [5.41, 5.74) is 0. The van der Waals surface area contributed by atoms with Crippen molar-refractivity contribution >= 4 is 0 Å². The second-order valence-corrected chi connectivity index (χ2v) is 4.31. The van der Waals surface area contributed by atoms with Crippen LogP contribution < -0.4 is 0 Å². The maximum Gasteiger partial charge on any atom is 0.112 e. The molecular weight excluding hydrogens is 176 g/mol. The molecule has 0 bridgehead atoms. The quantitative estimate of drug-likeness (QED) is 0.717. The van der Waals surface area contributed by atoms with Crippen LogP contribution >= 0.6 is 0 Å². The highest BCUT2D eigenvalue weighted by atomic mass is 16.5. The first-order chi connectivity index (χ1) is 6.95. The van der Waals surface area contributed by atoms with Gasteiger partial charge < -0.3 is 9.30 Å². The van der Waals surface area contributed by atoms with Crippen molar-refractivity contribution in [3.63, 3.8) is 0 Å². The molecule has 2 aliphatic rings. The molecule has 14 heavy (non-hydrogen) atoms. The standard InChI is InChI=1S/C11H16N2O/c1-2-10(1)13-6-5-12-11(13)9-3-7-14-8-4-9/h5-6,9-10H,1-4,7-8H2. The lowest BCUT2D eigenvalue weighted by Gasteiger charge is -2.22. The van der Waals surface area contributed by atoms with Crippen molar-refractivity contribution in [3.05, 3.63) is 18.2 Å². The first kappa shape index (κ1) is 8.48. The highest BCUT2D eigenvalue weighted by Crippen LogP contribution is 2.38. The van der Waals surface area contributed by atoms with Gasteiger partial charge in [-0.25, -0.2) is 4.98 Å². The van der Waals surface area contributed by atoms with E-state index in [1.54, 1.807) is 0 Å². The lowest BCUT2D eigenvalue weighted by molar-refractivity contribution is 0.0828. The molecule has 0 spiro atoms. The zero-order valence-electron chi connectivity index (χ0n) is 8.35. The molecule has 76 valence electrons. The van der Waals surface area contributed by atoms with Crippen molar-refractivity contribution in [3.8, 4) is 0 Å². The van der Waals surface area contributed by atoms with Crippen molar-refractivity contribution in [1.82, 2.24) is 9.55 Å². The molecule has 1 saturated carbocycles. The van der Waals surface area contributed by atoms with Gasteiger partial charge in [-0.15, -0.1) is 0 Å². The van der Waals surface area contributed by atoms with E-state index in [1.165, 1.54) is 18.7 Å². The van der Waals surface area contributed by atoms with Gasteiger partial charge in [0.2, 0.25) is 0 Å². The van der Waals surface area contributed by atoms with Crippen LogP contribution in [0.15, 0.2) is 12.4 Å². The summed E-state index contributed by atoms with van der Waals surface area (Å²) in [4.78, 5) is 4.51. The number of hydrogen-bond acceptors (Lipinski definition) is 2. The normalized spacial score (nSPS) is 24.0. The van der Waals surface area contributed by atoms with E-state index in [0.717, 1.165) is 32.1 Å². The molecule has 0 atom stereocenters. The highest BCUT2D eigenvalue weighted by molar-refractivity contribution is 5.05. The summed E-state index contributed by atoms with van der Waals surface area (Å²) in [6, 6.07) is 0.760. The topological polar surface area (TPSA) is 27.1 Å². The van der Waals surface area contributed by atoms with E-state index in [-0.39, 0.29) is 0 Å². The van der Waals surface area contributed by atoms with Crippen LogP contribution in [-0.4, -0.2) is 22.8 Å². The number of ether oxygens (including phenoxy) is 1. The van der Waals surface area contributed by atoms with Crippen molar-refractivity contribution in [2.24, 2.45) is 0 Å². The number of rotatable bonds is 2. The molecule has 0 N–H and O–H groups in total. The summed E-state index contributed by atoms with van der Waals surface area (Å²) in [5.74, 6) is 1.94. The van der Waals surface area contributed by atoms with Crippen LogP contribution in [0.3, 0.4) is 0 Å². The Morgan fingerprint density at radius 1 is 1.21 bits per heavy atom. The average Bonchev–Trinajstić information content (AvgIpc) is 2.98. The van der Waals surface area contributed by atoms with Gasteiger partial charge in [-0.1, -0.05) is 0 Å². The zero-order valence-corrected chi connectivity index (χ0v) is 8.35. The number of imidazole rings is 1. The molecule has 0 radical (unpaired) electrons. The Kier molecular flexibility index (Phi) is 2.05. The average molecular weight is 192 g/mol. The van der Waals surface area contributed by atoms with Gasteiger partial charge in [-0.3, -0.25) is 0 Å². The second kappa shape index (κ2) is 3.39. The van der Waals surface area contributed by atoms with Gasteiger partial charge in [0.25, 0.3) is 0 Å². The van der Waals surface area contributed by atoms with Crippen LogP contribution in [0.4, 0.5) is 0 Å². The monoisotopic (exact) mass is 192 g/mol. The fourth-order valence-corrected chi connectivity index (χ4v) is 2.26. The minimum absolute atomic E-state index is 0.638. The SMILES string of the molecule is c1cn(C2CC2)c(C2CCOCC2)n1. The number of nitrogens with zero attached hydrogens (tertiary/aromatic N) is 2. The van der Waals surface area contributed by atoms with Gasteiger partial charge in [0.15, 0.2) is 0 Å². The van der Waals surface area contributed by atoms with Crippen LogP contribution in [0.2, 0.25) is 0 Å². The predicted octanol–water partition coefficient (Wildman–Crippen LogP) is 2.11. The molecule has 1 aromatic rings. The van der Waals surface area contributed by atoms with E-state index >= 15 is 0 Å². The summed E-state index contributed by atoms with van der Waals surface area (Å²) in [7, 11) is 0. The molecule has 0 unspecified atom stereocenters. The van der Waals surface area contributed by atoms with Crippen LogP contribution in [0.5, 0.6) is 0 Å². The van der Waals surface area contributed by atoms with Gasteiger partial charge in [-0.2, -0.15) is 0 Å². The number of hydrogen-bond donors (Lipinski definition) is 0. The first-order valence-electron chi connectivity index (χ1n) is 5.55. The van der Waals surface area contributed by atoms with Gasteiger partial charge in [0.1, 0.15) is 5.82 Å². The van der Waals surface area contributed by atoms with E-state index in [0.29, 0.717) is 5.92 Å². The maximum absolute atomic E-state index is 5.38.